The average molecular weight is 557 g/mol. The number of amides is 2. The van der Waals surface area contributed by atoms with E-state index in [0.29, 0.717) is 64.2 Å². The Morgan fingerprint density at radius 2 is 1.80 bits per heavy atom. The van der Waals surface area contributed by atoms with Crippen molar-refractivity contribution in [1.29, 1.82) is 0 Å². The second kappa shape index (κ2) is 10.3. The highest BCUT2D eigenvalue weighted by Crippen LogP contribution is 2.52. The molecule has 1 saturated heterocycles. The van der Waals surface area contributed by atoms with Crippen LogP contribution in [0.3, 0.4) is 0 Å². The summed E-state index contributed by atoms with van der Waals surface area (Å²) in [5.74, 6) is -0.903. The van der Waals surface area contributed by atoms with Gasteiger partial charge in [0, 0.05) is 48.9 Å². The molecule has 0 atom stereocenters. The van der Waals surface area contributed by atoms with E-state index in [4.69, 9.17) is 15.2 Å². The van der Waals surface area contributed by atoms with Crippen LogP contribution in [-0.2, 0) is 17.3 Å². The van der Waals surface area contributed by atoms with Crippen LogP contribution >= 0.6 is 0 Å². The van der Waals surface area contributed by atoms with Crippen LogP contribution in [0.5, 0.6) is 17.2 Å². The molecule has 0 spiro atoms. The highest BCUT2D eigenvalue weighted by Gasteiger charge is 2.37. The van der Waals surface area contributed by atoms with Crippen molar-refractivity contribution in [3.63, 3.8) is 0 Å². The number of aryl methyl sites for hydroxylation is 1. The molecule has 212 valence electrons. The number of ether oxygens (including phenoxy) is 2. The van der Waals surface area contributed by atoms with Gasteiger partial charge >= 0.3 is 5.97 Å². The zero-order valence-electron chi connectivity index (χ0n) is 23.6. The number of carboxylic acid groups (broad SMARTS) is 1. The summed E-state index contributed by atoms with van der Waals surface area (Å²) in [4.78, 5) is 44.5. The monoisotopic (exact) mass is 556 g/mol. The Balaban J connectivity index is 1.97. The van der Waals surface area contributed by atoms with Crippen LogP contribution in [0.25, 0.3) is 22.0 Å². The first-order valence-corrected chi connectivity index (χ1v) is 13.2. The van der Waals surface area contributed by atoms with E-state index in [1.54, 1.807) is 59.2 Å². The fraction of sp³-hybridized carbons (Fsp3) is 0.290. The van der Waals surface area contributed by atoms with Crippen LogP contribution in [0, 0.1) is 0 Å². The van der Waals surface area contributed by atoms with Crippen molar-refractivity contribution in [2.45, 2.75) is 39.0 Å². The number of pyridine rings is 1. The number of rotatable bonds is 7. The maximum absolute atomic E-state index is 13.2. The largest absolute Gasteiger partial charge is 0.494 e. The number of methoxy groups -OCH3 is 1. The zero-order valence-corrected chi connectivity index (χ0v) is 23.6. The second-order valence-corrected chi connectivity index (χ2v) is 11.0. The molecule has 2 aromatic heterocycles. The zero-order chi connectivity index (χ0) is 29.6. The Kier molecular flexibility index (Phi) is 6.94. The number of hydrogen-bond acceptors (Lipinski definition) is 6. The molecular weight excluding hydrogens is 524 g/mol. The molecule has 0 unspecified atom stereocenters. The Morgan fingerprint density at radius 3 is 2.37 bits per heavy atom. The van der Waals surface area contributed by atoms with Gasteiger partial charge in [0.15, 0.2) is 11.5 Å². The third-order valence-corrected chi connectivity index (χ3v) is 7.38. The van der Waals surface area contributed by atoms with Gasteiger partial charge in [-0.05, 0) is 41.7 Å². The first-order valence-electron chi connectivity index (χ1n) is 13.2. The van der Waals surface area contributed by atoms with Crippen LogP contribution in [0.4, 0.5) is 5.69 Å². The molecule has 5 rings (SSSR count). The molecular formula is C31H32N4O6. The van der Waals surface area contributed by atoms with Gasteiger partial charge in [0.2, 0.25) is 5.91 Å². The molecule has 1 fully saturated rings. The lowest BCUT2D eigenvalue weighted by Crippen LogP contribution is -2.28. The normalized spacial score (nSPS) is 13.6. The van der Waals surface area contributed by atoms with Crippen LogP contribution in [0.15, 0.2) is 48.8 Å². The highest BCUT2D eigenvalue weighted by molar-refractivity contribution is 6.16. The van der Waals surface area contributed by atoms with E-state index in [2.05, 4.69) is 4.98 Å². The molecule has 10 nitrogen and oxygen atoms in total. The van der Waals surface area contributed by atoms with Crippen LogP contribution < -0.4 is 20.1 Å². The van der Waals surface area contributed by atoms with Crippen molar-refractivity contribution in [2.24, 2.45) is 12.8 Å². The van der Waals surface area contributed by atoms with Gasteiger partial charge in [-0.1, -0.05) is 32.9 Å². The van der Waals surface area contributed by atoms with Crippen molar-refractivity contribution >= 4 is 34.4 Å². The maximum atomic E-state index is 13.2. The number of nitrogens with zero attached hydrogens (tertiary/aromatic N) is 3. The summed E-state index contributed by atoms with van der Waals surface area (Å²) in [7, 11) is 3.08. The number of anilines is 1. The Morgan fingerprint density at radius 1 is 1.10 bits per heavy atom. The average Bonchev–Trinajstić information content (AvgIpc) is 3.48. The maximum Gasteiger partial charge on any atom is 0.353 e. The van der Waals surface area contributed by atoms with Gasteiger partial charge in [0.1, 0.15) is 11.4 Å². The molecule has 10 heteroatoms. The van der Waals surface area contributed by atoms with Gasteiger partial charge in [-0.25, -0.2) is 4.79 Å². The molecule has 0 radical (unpaired) electrons. The van der Waals surface area contributed by atoms with Crippen LogP contribution in [0.1, 0.15) is 60.0 Å². The first-order chi connectivity index (χ1) is 19.5. The van der Waals surface area contributed by atoms with E-state index in [9.17, 15) is 19.5 Å². The number of carbonyl (C=O) groups excluding carboxylic acids is 2. The molecule has 1 aliphatic rings. The highest BCUT2D eigenvalue weighted by atomic mass is 16.5. The molecule has 0 saturated carbocycles. The van der Waals surface area contributed by atoms with Gasteiger partial charge in [0.25, 0.3) is 5.91 Å². The molecule has 3 heterocycles. The van der Waals surface area contributed by atoms with Gasteiger partial charge in [0.05, 0.1) is 23.9 Å². The number of aromatic nitrogens is 2. The van der Waals surface area contributed by atoms with Crippen molar-refractivity contribution in [3.8, 4) is 28.4 Å². The summed E-state index contributed by atoms with van der Waals surface area (Å²) < 4.78 is 13.5. The summed E-state index contributed by atoms with van der Waals surface area (Å²) >= 11 is 0. The van der Waals surface area contributed by atoms with E-state index in [0.717, 1.165) is 0 Å². The van der Waals surface area contributed by atoms with E-state index in [1.807, 2.05) is 26.8 Å². The minimum absolute atomic E-state index is 0.00180. The summed E-state index contributed by atoms with van der Waals surface area (Å²) in [6.07, 6.45) is 4.14. The number of fused-ring (bicyclic) bond motifs is 1. The van der Waals surface area contributed by atoms with Gasteiger partial charge < -0.3 is 29.8 Å². The molecule has 2 aromatic carbocycles. The Labute approximate surface area is 237 Å². The number of nitrogens with two attached hydrogens (primary N) is 1. The Bertz CT molecular complexity index is 1700. The van der Waals surface area contributed by atoms with Gasteiger partial charge in [-0.3, -0.25) is 14.6 Å². The summed E-state index contributed by atoms with van der Waals surface area (Å²) in [5, 5.41) is 11.2. The minimum atomic E-state index is -1.16. The molecule has 4 aromatic rings. The molecule has 3 N–H and O–H groups in total. The van der Waals surface area contributed by atoms with E-state index < -0.39 is 17.3 Å². The number of para-hydroxylation sites is 1. The number of benzene rings is 2. The van der Waals surface area contributed by atoms with Crippen molar-refractivity contribution in [2.75, 3.05) is 18.6 Å². The standard InChI is InChI=1S/C31H32N4O6/c1-31(2,3)20-16-19(29(32)37)28(40-5)26(35-15-7-10-22(35)36)24(20)23-18-8-6-9-21(41-17-11-13-33-14-12-17)25(18)34(4)27(23)30(38)39/h6,8-9,11-14,16H,7,10,15H2,1-5H3,(H2,32,37)(H,38,39). The topological polar surface area (TPSA) is 137 Å². The second-order valence-electron chi connectivity index (χ2n) is 11.0. The molecule has 0 bridgehead atoms. The Hall–Kier alpha value is -4.86. The minimum Gasteiger partial charge on any atom is -0.494 e. The lowest BCUT2D eigenvalue weighted by atomic mass is 9.78. The van der Waals surface area contributed by atoms with E-state index in [1.165, 1.54) is 7.11 Å². The van der Waals surface area contributed by atoms with E-state index >= 15 is 0 Å². The lowest BCUT2D eigenvalue weighted by Gasteiger charge is -2.31. The third kappa shape index (κ3) is 4.65. The number of carboxylic acids is 1. The summed E-state index contributed by atoms with van der Waals surface area (Å²) in [6.45, 7) is 6.27. The van der Waals surface area contributed by atoms with Crippen LogP contribution in [-0.4, -0.2) is 46.1 Å². The molecule has 2 amide bonds. The van der Waals surface area contributed by atoms with Crippen molar-refractivity contribution in [3.05, 3.63) is 65.6 Å². The molecule has 1 aliphatic heterocycles. The first kappa shape index (κ1) is 27.7. The van der Waals surface area contributed by atoms with Crippen molar-refractivity contribution in [1.82, 2.24) is 9.55 Å². The van der Waals surface area contributed by atoms with Gasteiger partial charge in [-0.2, -0.15) is 0 Å². The molecule has 41 heavy (non-hydrogen) atoms. The fourth-order valence-electron chi connectivity index (χ4n) is 5.62. The number of hydrogen-bond donors (Lipinski definition) is 2. The molecule has 0 aliphatic carbocycles. The number of carbonyl (C=O) groups is 3. The van der Waals surface area contributed by atoms with Crippen LogP contribution in [0.2, 0.25) is 0 Å². The third-order valence-electron chi connectivity index (χ3n) is 7.38. The summed E-state index contributed by atoms with van der Waals surface area (Å²) in [6, 6.07) is 10.5. The van der Waals surface area contributed by atoms with Crippen molar-refractivity contribution < 1.29 is 29.0 Å². The lowest BCUT2D eigenvalue weighted by molar-refractivity contribution is -0.117. The number of primary amides is 1. The number of aromatic carboxylic acids is 1. The van der Waals surface area contributed by atoms with Gasteiger partial charge in [-0.15, -0.1) is 0 Å². The fourth-order valence-corrected chi connectivity index (χ4v) is 5.62. The quantitative estimate of drug-likeness (QED) is 0.317. The van der Waals surface area contributed by atoms with E-state index in [-0.39, 0.29) is 22.9 Å². The smallest absolute Gasteiger partial charge is 0.353 e. The SMILES string of the molecule is COc1c(C(N)=O)cc(C(C)(C)C)c(-c2c(C(=O)O)n(C)c3c(Oc4ccncc4)cccc23)c1N1CCCC1=O. The summed E-state index contributed by atoms with van der Waals surface area (Å²) in [5.41, 5.74) is 7.78. The predicted octanol–water partition coefficient (Wildman–Crippen LogP) is 5.26. The predicted molar refractivity (Wildman–Crippen MR) is 155 cm³/mol.